The fourth-order valence-electron chi connectivity index (χ4n) is 3.41. The van der Waals surface area contributed by atoms with Crippen molar-refractivity contribution in [1.82, 2.24) is 0 Å². The second kappa shape index (κ2) is 10.4. The summed E-state index contributed by atoms with van der Waals surface area (Å²) in [6, 6.07) is 14.4. The van der Waals surface area contributed by atoms with Gasteiger partial charge >= 0.3 is 7.60 Å². The highest BCUT2D eigenvalue weighted by Crippen LogP contribution is 2.54. The number of allylic oxidation sites excluding steroid dienone is 4. The van der Waals surface area contributed by atoms with Gasteiger partial charge in [0.05, 0.1) is 17.2 Å². The van der Waals surface area contributed by atoms with Crippen molar-refractivity contribution >= 4 is 19.1 Å². The van der Waals surface area contributed by atoms with Gasteiger partial charge in [0.15, 0.2) is 5.78 Å². The number of ketones is 1. The van der Waals surface area contributed by atoms with E-state index in [-0.39, 0.29) is 29.8 Å². The molecular formula is C24H24NO6P. The van der Waals surface area contributed by atoms with E-state index in [0.717, 1.165) is 11.1 Å². The van der Waals surface area contributed by atoms with Crippen LogP contribution in [0.1, 0.15) is 25.3 Å². The summed E-state index contributed by atoms with van der Waals surface area (Å²) in [6.07, 6.45) is 5.10. The van der Waals surface area contributed by atoms with Gasteiger partial charge < -0.3 is 4.52 Å². The first-order valence-corrected chi connectivity index (χ1v) is 11.8. The van der Waals surface area contributed by atoms with Crippen molar-refractivity contribution in [2.24, 2.45) is 0 Å². The van der Waals surface area contributed by atoms with Crippen LogP contribution in [0.5, 0.6) is 5.75 Å². The van der Waals surface area contributed by atoms with Gasteiger partial charge in [0, 0.05) is 24.1 Å². The largest absolute Gasteiger partial charge is 0.424 e. The molecule has 2 aromatic rings. The second-order valence-corrected chi connectivity index (χ2v) is 9.28. The van der Waals surface area contributed by atoms with Crippen LogP contribution in [0.2, 0.25) is 0 Å². The van der Waals surface area contributed by atoms with Crippen LogP contribution >= 0.6 is 7.60 Å². The lowest BCUT2D eigenvalue weighted by Gasteiger charge is -2.23. The Morgan fingerprint density at radius 1 is 1.19 bits per heavy atom. The lowest BCUT2D eigenvalue weighted by Crippen LogP contribution is -2.14. The Hall–Kier alpha value is -3.28. The van der Waals surface area contributed by atoms with E-state index in [4.69, 9.17) is 9.05 Å². The number of nitro benzene ring substituents is 1. The lowest BCUT2D eigenvalue weighted by molar-refractivity contribution is -0.384. The molecule has 32 heavy (non-hydrogen) atoms. The summed E-state index contributed by atoms with van der Waals surface area (Å²) >= 11 is 0. The third-order valence-corrected chi connectivity index (χ3v) is 6.88. The molecule has 0 fully saturated rings. The van der Waals surface area contributed by atoms with E-state index in [0.29, 0.717) is 12.0 Å². The zero-order chi connectivity index (χ0) is 23.1. The maximum atomic E-state index is 13.8. The van der Waals surface area contributed by atoms with Crippen molar-refractivity contribution in [3.8, 4) is 5.75 Å². The Morgan fingerprint density at radius 2 is 1.88 bits per heavy atom. The van der Waals surface area contributed by atoms with E-state index in [1.54, 1.807) is 19.1 Å². The predicted molar refractivity (Wildman–Crippen MR) is 123 cm³/mol. The van der Waals surface area contributed by atoms with Crippen molar-refractivity contribution in [2.75, 3.05) is 0 Å². The molecule has 0 spiro atoms. The van der Waals surface area contributed by atoms with Crippen LogP contribution in [-0.4, -0.2) is 16.8 Å². The molecule has 7 nitrogen and oxygen atoms in total. The van der Waals surface area contributed by atoms with Crippen LogP contribution < -0.4 is 4.52 Å². The standard InChI is InChI=1S/C24H24NO6P/c1-3-4-6-11-22-18(2)24(16-23(22)26)31-32(29,17-19-9-7-5-8-10-19)30-21-14-12-20(13-15-21)25(27)28/h3-10,12-15,24H,1,11,16-17H2,2H3/b6-4-/t24-,32?/m0/s1. The van der Waals surface area contributed by atoms with Crippen molar-refractivity contribution in [3.63, 3.8) is 0 Å². The van der Waals surface area contributed by atoms with E-state index in [9.17, 15) is 19.5 Å². The molecule has 166 valence electrons. The van der Waals surface area contributed by atoms with Gasteiger partial charge in [-0.3, -0.25) is 19.4 Å². The van der Waals surface area contributed by atoms with Gasteiger partial charge in [-0.1, -0.05) is 55.1 Å². The Labute approximate surface area is 186 Å². The van der Waals surface area contributed by atoms with Crippen LogP contribution in [-0.2, 0) is 20.0 Å². The lowest BCUT2D eigenvalue weighted by atomic mass is 10.1. The van der Waals surface area contributed by atoms with E-state index < -0.39 is 18.6 Å². The molecule has 0 N–H and O–H groups in total. The van der Waals surface area contributed by atoms with Crippen LogP contribution in [0.3, 0.4) is 0 Å². The maximum absolute atomic E-state index is 13.8. The average Bonchev–Trinajstić information content (AvgIpc) is 3.01. The Kier molecular flexibility index (Phi) is 7.57. The number of benzene rings is 2. The van der Waals surface area contributed by atoms with Crippen molar-refractivity contribution in [2.45, 2.75) is 32.0 Å². The molecule has 1 aliphatic carbocycles. The number of nitro groups is 1. The van der Waals surface area contributed by atoms with Gasteiger partial charge in [-0.05, 0) is 36.6 Å². The molecule has 3 rings (SSSR count). The zero-order valence-corrected chi connectivity index (χ0v) is 18.6. The minimum Gasteiger partial charge on any atom is -0.424 e. The molecule has 0 heterocycles. The number of hydrogen-bond acceptors (Lipinski definition) is 6. The molecule has 1 unspecified atom stereocenters. The highest BCUT2D eigenvalue weighted by molar-refractivity contribution is 7.53. The van der Waals surface area contributed by atoms with Crippen LogP contribution in [0.15, 0.2) is 90.6 Å². The monoisotopic (exact) mass is 453 g/mol. The number of hydrogen-bond donors (Lipinski definition) is 0. The minimum absolute atomic E-state index is 0.00546. The third-order valence-electron chi connectivity index (χ3n) is 5.06. The fourth-order valence-corrected chi connectivity index (χ4v) is 5.32. The molecule has 0 saturated heterocycles. The predicted octanol–water partition coefficient (Wildman–Crippen LogP) is 6.17. The van der Waals surface area contributed by atoms with Crippen molar-refractivity contribution < 1.29 is 23.3 Å². The first kappa shape index (κ1) is 23.4. The van der Waals surface area contributed by atoms with Gasteiger partial charge in [0.2, 0.25) is 0 Å². The highest BCUT2D eigenvalue weighted by Gasteiger charge is 2.37. The molecule has 8 heteroatoms. The molecule has 0 radical (unpaired) electrons. The Morgan fingerprint density at radius 3 is 2.50 bits per heavy atom. The normalized spacial score (nSPS) is 18.0. The van der Waals surface area contributed by atoms with Gasteiger partial charge in [-0.2, -0.15) is 0 Å². The van der Waals surface area contributed by atoms with Crippen molar-refractivity contribution in [3.05, 3.63) is 106 Å². The molecule has 2 atom stereocenters. The summed E-state index contributed by atoms with van der Waals surface area (Å²) in [5.41, 5.74) is 2.00. The number of rotatable bonds is 10. The molecule has 0 aliphatic heterocycles. The van der Waals surface area contributed by atoms with E-state index in [2.05, 4.69) is 6.58 Å². The quantitative estimate of drug-likeness (QED) is 0.185. The Bertz CT molecular complexity index is 1110. The Balaban J connectivity index is 1.86. The number of non-ortho nitro benzene ring substituents is 1. The molecular weight excluding hydrogens is 429 g/mol. The summed E-state index contributed by atoms with van der Waals surface area (Å²) in [7, 11) is -3.76. The van der Waals surface area contributed by atoms with Gasteiger partial charge in [0.1, 0.15) is 5.75 Å². The highest BCUT2D eigenvalue weighted by atomic mass is 31.2. The molecule has 0 amide bonds. The molecule has 1 aliphatic rings. The average molecular weight is 453 g/mol. The molecule has 2 aromatic carbocycles. The van der Waals surface area contributed by atoms with E-state index in [1.165, 1.54) is 24.3 Å². The molecule has 0 aromatic heterocycles. The number of Topliss-reactive ketones (excluding diaryl/α,β-unsaturated/α-hetero) is 1. The summed E-state index contributed by atoms with van der Waals surface area (Å²) in [5.74, 6) is 0.137. The van der Waals surface area contributed by atoms with E-state index in [1.807, 2.05) is 36.4 Å². The second-order valence-electron chi connectivity index (χ2n) is 7.35. The fraction of sp³-hybridized carbons (Fsp3) is 0.208. The summed E-state index contributed by atoms with van der Waals surface area (Å²) in [6.45, 7) is 5.41. The number of nitrogens with zero attached hydrogens (tertiary/aromatic N) is 1. The SMILES string of the molecule is C=C/C=C\CC1=C(C)[C@@H](OP(=O)(Cc2ccccc2)Oc2ccc([N+](=O)[O-])cc2)CC1=O. The van der Waals surface area contributed by atoms with Crippen molar-refractivity contribution in [1.29, 1.82) is 0 Å². The van der Waals surface area contributed by atoms with Gasteiger partial charge in [-0.25, -0.2) is 4.57 Å². The van der Waals surface area contributed by atoms with Crippen LogP contribution in [0, 0.1) is 10.1 Å². The first-order valence-electron chi connectivity index (χ1n) is 10.1. The smallest absolute Gasteiger partial charge is 0.384 e. The van der Waals surface area contributed by atoms with Crippen LogP contribution in [0.4, 0.5) is 5.69 Å². The van der Waals surface area contributed by atoms with Crippen LogP contribution in [0.25, 0.3) is 0 Å². The first-order chi connectivity index (χ1) is 15.3. The number of carbonyl (C=O) groups excluding carboxylic acids is 1. The zero-order valence-electron chi connectivity index (χ0n) is 17.7. The minimum atomic E-state index is -3.76. The van der Waals surface area contributed by atoms with Gasteiger partial charge in [-0.15, -0.1) is 0 Å². The summed E-state index contributed by atoms with van der Waals surface area (Å²) in [4.78, 5) is 22.9. The maximum Gasteiger partial charge on any atom is 0.384 e. The topological polar surface area (TPSA) is 95.7 Å². The third kappa shape index (κ3) is 5.90. The van der Waals surface area contributed by atoms with Gasteiger partial charge in [0.25, 0.3) is 5.69 Å². The summed E-state index contributed by atoms with van der Waals surface area (Å²) in [5, 5.41) is 10.9. The number of carbonyl (C=O) groups is 1. The summed E-state index contributed by atoms with van der Waals surface area (Å²) < 4.78 is 25.6. The molecule has 0 bridgehead atoms. The molecule has 0 saturated carbocycles. The van der Waals surface area contributed by atoms with E-state index >= 15 is 0 Å².